The summed E-state index contributed by atoms with van der Waals surface area (Å²) >= 11 is 0. The maximum absolute atomic E-state index is 12.4. The summed E-state index contributed by atoms with van der Waals surface area (Å²) in [6.45, 7) is 0. The zero-order valence-electron chi connectivity index (χ0n) is 13.4. The maximum atomic E-state index is 12.4. The van der Waals surface area contributed by atoms with Crippen molar-refractivity contribution in [2.75, 3.05) is 26.6 Å². The molecule has 0 saturated carbocycles. The van der Waals surface area contributed by atoms with Gasteiger partial charge in [-0.15, -0.1) is 0 Å². The van der Waals surface area contributed by atoms with Crippen LogP contribution < -0.4 is 19.5 Å². The molecule has 1 amide bonds. The number of nitrogens with one attached hydrogen (secondary N) is 1. The second-order valence-electron chi connectivity index (χ2n) is 4.70. The summed E-state index contributed by atoms with van der Waals surface area (Å²) in [7, 11) is 4.33. The van der Waals surface area contributed by atoms with E-state index in [0.717, 1.165) is 0 Å². The number of non-ortho nitro benzene ring substituents is 1. The summed E-state index contributed by atoms with van der Waals surface area (Å²) in [4.78, 5) is 22.7. The quantitative estimate of drug-likeness (QED) is 0.645. The van der Waals surface area contributed by atoms with Gasteiger partial charge in [-0.3, -0.25) is 14.9 Å². The average molecular weight is 332 g/mol. The van der Waals surface area contributed by atoms with Gasteiger partial charge < -0.3 is 19.5 Å². The number of carbonyl (C=O) groups excluding carboxylic acids is 1. The molecule has 0 aliphatic rings. The molecular weight excluding hydrogens is 316 g/mol. The standard InChI is InChI=1S/C16H16N2O6/c1-22-12-6-10(7-13(9-12)23-2)16(19)17-14-5-4-11(18(20)21)8-15(14)24-3/h4-9H,1-3H3,(H,17,19). The summed E-state index contributed by atoms with van der Waals surface area (Å²) in [5.74, 6) is 0.692. The lowest BCUT2D eigenvalue weighted by atomic mass is 10.1. The molecule has 0 fully saturated rings. The fourth-order valence-electron chi connectivity index (χ4n) is 2.03. The smallest absolute Gasteiger partial charge is 0.273 e. The SMILES string of the molecule is COc1cc(OC)cc(C(=O)Nc2ccc([N+](=O)[O-])cc2OC)c1. The van der Waals surface area contributed by atoms with Crippen molar-refractivity contribution in [1.82, 2.24) is 0 Å². The average Bonchev–Trinajstić information content (AvgIpc) is 2.61. The van der Waals surface area contributed by atoms with E-state index in [-0.39, 0.29) is 11.4 Å². The number of hydrogen-bond donors (Lipinski definition) is 1. The van der Waals surface area contributed by atoms with Crippen LogP contribution in [0, 0.1) is 10.1 Å². The first kappa shape index (κ1) is 17.1. The minimum atomic E-state index is -0.541. The van der Waals surface area contributed by atoms with E-state index >= 15 is 0 Å². The highest BCUT2D eigenvalue weighted by Gasteiger charge is 2.15. The number of hydrogen-bond acceptors (Lipinski definition) is 6. The molecule has 1 N–H and O–H groups in total. The molecule has 0 aliphatic heterocycles. The lowest BCUT2D eigenvalue weighted by Gasteiger charge is -2.11. The molecule has 8 nitrogen and oxygen atoms in total. The molecule has 0 bridgehead atoms. The van der Waals surface area contributed by atoms with E-state index in [0.29, 0.717) is 22.7 Å². The molecule has 0 spiro atoms. The van der Waals surface area contributed by atoms with E-state index in [2.05, 4.69) is 5.32 Å². The number of nitro benzene ring substituents is 1. The Morgan fingerprint density at radius 2 is 1.62 bits per heavy atom. The minimum absolute atomic E-state index is 0.132. The Balaban J connectivity index is 2.31. The number of nitrogens with zero attached hydrogens (tertiary/aromatic N) is 1. The van der Waals surface area contributed by atoms with Crippen LogP contribution in [-0.2, 0) is 0 Å². The van der Waals surface area contributed by atoms with Crippen molar-refractivity contribution in [3.05, 3.63) is 52.1 Å². The third-order valence-electron chi connectivity index (χ3n) is 3.26. The Morgan fingerprint density at radius 1 is 1.00 bits per heavy atom. The number of amides is 1. The number of benzene rings is 2. The fourth-order valence-corrected chi connectivity index (χ4v) is 2.03. The van der Waals surface area contributed by atoms with Crippen LogP contribution in [0.5, 0.6) is 17.2 Å². The van der Waals surface area contributed by atoms with Crippen molar-refractivity contribution >= 4 is 17.3 Å². The number of ether oxygens (including phenoxy) is 3. The topological polar surface area (TPSA) is 99.9 Å². The van der Waals surface area contributed by atoms with Crippen LogP contribution in [0.15, 0.2) is 36.4 Å². The molecule has 0 heterocycles. The predicted molar refractivity (Wildman–Crippen MR) is 87.1 cm³/mol. The molecule has 0 atom stereocenters. The third-order valence-corrected chi connectivity index (χ3v) is 3.26. The molecule has 24 heavy (non-hydrogen) atoms. The monoisotopic (exact) mass is 332 g/mol. The van der Waals surface area contributed by atoms with Crippen molar-refractivity contribution < 1.29 is 23.9 Å². The molecule has 0 aromatic heterocycles. The molecule has 0 radical (unpaired) electrons. The first-order valence-corrected chi connectivity index (χ1v) is 6.85. The summed E-state index contributed by atoms with van der Waals surface area (Å²) < 4.78 is 15.3. The van der Waals surface area contributed by atoms with Crippen molar-refractivity contribution in [3.8, 4) is 17.2 Å². The lowest BCUT2D eigenvalue weighted by Crippen LogP contribution is -2.13. The highest BCUT2D eigenvalue weighted by molar-refractivity contribution is 6.05. The molecule has 126 valence electrons. The summed E-state index contributed by atoms with van der Waals surface area (Å²) in [5, 5.41) is 13.4. The van der Waals surface area contributed by atoms with Crippen molar-refractivity contribution in [3.63, 3.8) is 0 Å². The fraction of sp³-hybridized carbons (Fsp3) is 0.188. The van der Waals surface area contributed by atoms with Crippen LogP contribution in [0.2, 0.25) is 0 Å². The molecule has 2 aromatic rings. The zero-order valence-corrected chi connectivity index (χ0v) is 13.4. The van der Waals surface area contributed by atoms with Crippen LogP contribution >= 0.6 is 0 Å². The Hall–Kier alpha value is -3.29. The van der Waals surface area contributed by atoms with E-state index in [9.17, 15) is 14.9 Å². The van der Waals surface area contributed by atoms with Crippen molar-refractivity contribution in [2.24, 2.45) is 0 Å². The number of methoxy groups -OCH3 is 3. The van der Waals surface area contributed by atoms with Crippen LogP contribution in [0.3, 0.4) is 0 Å². The molecule has 0 unspecified atom stereocenters. The van der Waals surface area contributed by atoms with Gasteiger partial charge in [-0.05, 0) is 18.2 Å². The van der Waals surface area contributed by atoms with E-state index in [1.807, 2.05) is 0 Å². The van der Waals surface area contributed by atoms with Gasteiger partial charge in [-0.2, -0.15) is 0 Å². The van der Waals surface area contributed by atoms with Crippen LogP contribution in [0.4, 0.5) is 11.4 Å². The van der Waals surface area contributed by atoms with Crippen LogP contribution in [-0.4, -0.2) is 32.2 Å². The highest BCUT2D eigenvalue weighted by atomic mass is 16.6. The van der Waals surface area contributed by atoms with Crippen molar-refractivity contribution in [2.45, 2.75) is 0 Å². The number of nitro groups is 1. The third kappa shape index (κ3) is 3.72. The largest absolute Gasteiger partial charge is 0.497 e. The summed E-state index contributed by atoms with van der Waals surface area (Å²) in [6, 6.07) is 8.67. The van der Waals surface area contributed by atoms with Crippen LogP contribution in [0.25, 0.3) is 0 Å². The second kappa shape index (κ2) is 7.32. The Morgan fingerprint density at radius 3 is 2.12 bits per heavy atom. The van der Waals surface area contributed by atoms with Crippen LogP contribution in [0.1, 0.15) is 10.4 Å². The second-order valence-corrected chi connectivity index (χ2v) is 4.70. The highest BCUT2D eigenvalue weighted by Crippen LogP contribution is 2.30. The molecule has 2 rings (SSSR count). The molecular formula is C16H16N2O6. The molecule has 0 saturated heterocycles. The van der Waals surface area contributed by atoms with E-state index in [4.69, 9.17) is 14.2 Å². The van der Waals surface area contributed by atoms with Gasteiger partial charge in [-0.25, -0.2) is 0 Å². The van der Waals surface area contributed by atoms with Gasteiger partial charge in [0.15, 0.2) is 0 Å². The molecule has 8 heteroatoms. The predicted octanol–water partition coefficient (Wildman–Crippen LogP) is 2.87. The van der Waals surface area contributed by atoms with Gasteiger partial charge in [0.25, 0.3) is 11.6 Å². The number of carbonyl (C=O) groups is 1. The van der Waals surface area contributed by atoms with Gasteiger partial charge in [-0.1, -0.05) is 0 Å². The van der Waals surface area contributed by atoms with E-state index < -0.39 is 10.8 Å². The van der Waals surface area contributed by atoms with Gasteiger partial charge in [0, 0.05) is 17.7 Å². The minimum Gasteiger partial charge on any atom is -0.497 e. The first-order chi connectivity index (χ1) is 11.5. The maximum Gasteiger partial charge on any atom is 0.273 e. The first-order valence-electron chi connectivity index (χ1n) is 6.85. The van der Waals surface area contributed by atoms with Gasteiger partial charge in [0.1, 0.15) is 17.2 Å². The van der Waals surface area contributed by atoms with Gasteiger partial charge in [0.05, 0.1) is 38.0 Å². The molecule has 0 aliphatic carbocycles. The number of anilines is 1. The summed E-state index contributed by atoms with van der Waals surface area (Å²) in [6.07, 6.45) is 0. The van der Waals surface area contributed by atoms with Gasteiger partial charge >= 0.3 is 0 Å². The summed E-state index contributed by atoms with van der Waals surface area (Å²) in [5.41, 5.74) is 0.495. The normalized spacial score (nSPS) is 9.96. The Kier molecular flexibility index (Phi) is 5.20. The van der Waals surface area contributed by atoms with E-state index in [1.54, 1.807) is 18.2 Å². The van der Waals surface area contributed by atoms with E-state index in [1.165, 1.54) is 39.5 Å². The number of rotatable bonds is 6. The zero-order chi connectivity index (χ0) is 17.7. The van der Waals surface area contributed by atoms with Crippen molar-refractivity contribution in [1.29, 1.82) is 0 Å². The lowest BCUT2D eigenvalue weighted by molar-refractivity contribution is -0.384. The Labute approximate surface area is 138 Å². The van der Waals surface area contributed by atoms with Gasteiger partial charge in [0.2, 0.25) is 0 Å². The molecule has 2 aromatic carbocycles. The Bertz CT molecular complexity index is 753.